The molecule has 3 heterocycles. The number of sulfonamides is 1. The van der Waals surface area contributed by atoms with Crippen LogP contribution in [0, 0.1) is 6.92 Å². The number of nitrogens with zero attached hydrogens (tertiary/aromatic N) is 1. The number of rotatable bonds is 5. The molecule has 1 atom stereocenters. The SMILES string of the molecule is Cc1cccc2c1CCN(S(=O)(=O)c1ccsc1C(=O)NC[C@H]1CCCCN1)C2. The van der Waals surface area contributed by atoms with E-state index in [2.05, 4.69) is 23.6 Å². The van der Waals surface area contributed by atoms with Crippen molar-refractivity contribution in [3.63, 3.8) is 0 Å². The zero-order valence-electron chi connectivity index (χ0n) is 16.6. The van der Waals surface area contributed by atoms with E-state index >= 15 is 0 Å². The highest BCUT2D eigenvalue weighted by Crippen LogP contribution is 2.30. The maximum atomic E-state index is 13.3. The summed E-state index contributed by atoms with van der Waals surface area (Å²) < 4.78 is 28.1. The molecule has 29 heavy (non-hydrogen) atoms. The molecule has 0 aliphatic carbocycles. The third-order valence-corrected chi connectivity index (χ3v) is 8.77. The molecule has 4 rings (SSSR count). The van der Waals surface area contributed by atoms with Gasteiger partial charge < -0.3 is 10.6 Å². The number of fused-ring (bicyclic) bond motifs is 1. The Bertz CT molecular complexity index is 994. The van der Waals surface area contributed by atoms with E-state index in [-0.39, 0.29) is 21.7 Å². The number of carbonyl (C=O) groups excluding carboxylic acids is 1. The molecule has 1 amide bonds. The van der Waals surface area contributed by atoms with Crippen LogP contribution < -0.4 is 10.6 Å². The predicted molar refractivity (Wildman–Crippen MR) is 115 cm³/mol. The zero-order valence-corrected chi connectivity index (χ0v) is 18.2. The number of thiophene rings is 1. The number of piperidine rings is 1. The molecule has 1 saturated heterocycles. The van der Waals surface area contributed by atoms with Gasteiger partial charge in [-0.2, -0.15) is 4.31 Å². The van der Waals surface area contributed by atoms with E-state index in [1.165, 1.54) is 26.8 Å². The first-order valence-electron chi connectivity index (χ1n) is 10.1. The summed E-state index contributed by atoms with van der Waals surface area (Å²) in [5.41, 5.74) is 3.48. The van der Waals surface area contributed by atoms with Gasteiger partial charge in [0.25, 0.3) is 5.91 Å². The van der Waals surface area contributed by atoms with Crippen LogP contribution in [0.4, 0.5) is 0 Å². The third kappa shape index (κ3) is 4.26. The van der Waals surface area contributed by atoms with Crippen LogP contribution in [-0.4, -0.2) is 44.3 Å². The fourth-order valence-corrected chi connectivity index (χ4v) is 6.92. The summed E-state index contributed by atoms with van der Waals surface area (Å²) in [4.78, 5) is 13.1. The lowest BCUT2D eigenvalue weighted by Gasteiger charge is -2.29. The van der Waals surface area contributed by atoms with E-state index in [9.17, 15) is 13.2 Å². The molecule has 1 aromatic carbocycles. The molecule has 6 nitrogen and oxygen atoms in total. The highest BCUT2D eigenvalue weighted by Gasteiger charge is 2.32. The van der Waals surface area contributed by atoms with Crippen LogP contribution in [0.2, 0.25) is 0 Å². The molecule has 2 aromatic rings. The topological polar surface area (TPSA) is 78.5 Å². The molecule has 8 heteroatoms. The van der Waals surface area contributed by atoms with E-state index in [1.54, 1.807) is 11.4 Å². The predicted octanol–water partition coefficient (Wildman–Crippen LogP) is 2.68. The van der Waals surface area contributed by atoms with E-state index in [1.807, 2.05) is 12.1 Å². The van der Waals surface area contributed by atoms with Gasteiger partial charge in [0, 0.05) is 25.7 Å². The summed E-state index contributed by atoms with van der Waals surface area (Å²) in [5, 5.41) is 7.99. The molecule has 1 aromatic heterocycles. The van der Waals surface area contributed by atoms with Crippen LogP contribution in [0.15, 0.2) is 34.5 Å². The van der Waals surface area contributed by atoms with Crippen molar-refractivity contribution in [1.29, 1.82) is 0 Å². The Hall–Kier alpha value is -1.74. The summed E-state index contributed by atoms with van der Waals surface area (Å²) in [6.45, 7) is 4.33. The second-order valence-electron chi connectivity index (χ2n) is 7.77. The fraction of sp³-hybridized carbons (Fsp3) is 0.476. The average Bonchev–Trinajstić information content (AvgIpc) is 3.24. The minimum absolute atomic E-state index is 0.118. The van der Waals surface area contributed by atoms with E-state index in [4.69, 9.17) is 0 Å². The minimum atomic E-state index is -3.73. The lowest BCUT2D eigenvalue weighted by Crippen LogP contribution is -2.43. The maximum Gasteiger partial charge on any atom is 0.262 e. The van der Waals surface area contributed by atoms with Gasteiger partial charge in [0.1, 0.15) is 9.77 Å². The van der Waals surface area contributed by atoms with Gasteiger partial charge in [-0.1, -0.05) is 24.6 Å². The summed E-state index contributed by atoms with van der Waals surface area (Å²) in [6.07, 6.45) is 4.04. The van der Waals surface area contributed by atoms with Crippen LogP contribution in [0.25, 0.3) is 0 Å². The highest BCUT2D eigenvalue weighted by molar-refractivity contribution is 7.89. The molecular weight excluding hydrogens is 406 g/mol. The van der Waals surface area contributed by atoms with E-state index in [0.717, 1.165) is 31.4 Å². The van der Waals surface area contributed by atoms with Crippen molar-refractivity contribution in [2.24, 2.45) is 0 Å². The Morgan fingerprint density at radius 2 is 2.17 bits per heavy atom. The fourth-order valence-electron chi connectivity index (χ4n) is 4.18. The highest BCUT2D eigenvalue weighted by atomic mass is 32.2. The first-order chi connectivity index (χ1) is 14.0. The number of aryl methyl sites for hydroxylation is 1. The Morgan fingerprint density at radius 3 is 2.97 bits per heavy atom. The van der Waals surface area contributed by atoms with Crippen LogP contribution in [0.5, 0.6) is 0 Å². The average molecular weight is 434 g/mol. The summed E-state index contributed by atoms with van der Waals surface area (Å²) >= 11 is 1.18. The third-order valence-electron chi connectivity index (χ3n) is 5.84. The first-order valence-corrected chi connectivity index (χ1v) is 12.5. The molecule has 2 N–H and O–H groups in total. The summed E-state index contributed by atoms with van der Waals surface area (Å²) in [6, 6.07) is 7.83. The van der Waals surface area contributed by atoms with Crippen molar-refractivity contribution in [1.82, 2.24) is 14.9 Å². The molecule has 0 unspecified atom stereocenters. The minimum Gasteiger partial charge on any atom is -0.350 e. The Morgan fingerprint density at radius 1 is 1.31 bits per heavy atom. The number of hydrogen-bond donors (Lipinski definition) is 2. The van der Waals surface area contributed by atoms with Gasteiger partial charge in [-0.25, -0.2) is 8.42 Å². The molecule has 0 radical (unpaired) electrons. The van der Waals surface area contributed by atoms with Gasteiger partial charge in [-0.3, -0.25) is 4.79 Å². The molecule has 156 valence electrons. The molecule has 2 aliphatic heterocycles. The van der Waals surface area contributed by atoms with Crippen molar-refractivity contribution >= 4 is 27.3 Å². The van der Waals surface area contributed by atoms with Crippen molar-refractivity contribution < 1.29 is 13.2 Å². The lowest BCUT2D eigenvalue weighted by atomic mass is 9.96. The van der Waals surface area contributed by atoms with Gasteiger partial charge in [0.05, 0.1) is 0 Å². The molecule has 1 fully saturated rings. The van der Waals surface area contributed by atoms with Gasteiger partial charge in [-0.05, 0) is 60.9 Å². The number of nitrogens with one attached hydrogen (secondary N) is 2. The number of carbonyl (C=O) groups is 1. The maximum absolute atomic E-state index is 13.3. The standard InChI is InChI=1S/C21H27N3O3S2/c1-15-5-4-6-16-14-24(11-8-18(15)16)29(26,27)19-9-12-28-20(19)21(25)23-13-17-7-2-3-10-22-17/h4-6,9,12,17,22H,2-3,7-8,10-11,13-14H2,1H3,(H,23,25)/t17-/m1/s1. The molecule has 0 saturated carbocycles. The molecule has 0 bridgehead atoms. The molecule has 0 spiro atoms. The second kappa shape index (κ2) is 8.55. The van der Waals surface area contributed by atoms with E-state index < -0.39 is 10.0 Å². The lowest BCUT2D eigenvalue weighted by molar-refractivity contribution is 0.0948. The second-order valence-corrected chi connectivity index (χ2v) is 10.6. The first kappa shape index (κ1) is 20.5. The smallest absolute Gasteiger partial charge is 0.262 e. The number of hydrogen-bond acceptors (Lipinski definition) is 5. The molecule has 2 aliphatic rings. The largest absolute Gasteiger partial charge is 0.350 e. The Balaban J connectivity index is 1.50. The van der Waals surface area contributed by atoms with Crippen molar-refractivity contribution in [2.75, 3.05) is 19.6 Å². The van der Waals surface area contributed by atoms with Gasteiger partial charge in [0.15, 0.2) is 0 Å². The number of benzene rings is 1. The van der Waals surface area contributed by atoms with Crippen molar-refractivity contribution in [3.8, 4) is 0 Å². The summed E-state index contributed by atoms with van der Waals surface area (Å²) in [5.74, 6) is -0.306. The number of amides is 1. The van der Waals surface area contributed by atoms with Crippen molar-refractivity contribution in [2.45, 2.75) is 50.1 Å². The Kier molecular flexibility index (Phi) is 6.06. The van der Waals surface area contributed by atoms with Gasteiger partial charge in [0.2, 0.25) is 10.0 Å². The monoisotopic (exact) mass is 433 g/mol. The van der Waals surface area contributed by atoms with Crippen LogP contribution >= 0.6 is 11.3 Å². The normalized spacial score (nSPS) is 20.2. The summed E-state index contributed by atoms with van der Waals surface area (Å²) in [7, 11) is -3.73. The van der Waals surface area contributed by atoms with Crippen LogP contribution in [0.1, 0.15) is 45.6 Å². The van der Waals surface area contributed by atoms with Gasteiger partial charge >= 0.3 is 0 Å². The zero-order chi connectivity index (χ0) is 20.4. The van der Waals surface area contributed by atoms with Gasteiger partial charge in [-0.15, -0.1) is 11.3 Å². The van der Waals surface area contributed by atoms with Crippen LogP contribution in [-0.2, 0) is 23.0 Å². The quantitative estimate of drug-likeness (QED) is 0.760. The Labute approximate surface area is 176 Å². The molecular formula is C21H27N3O3S2. The van der Waals surface area contributed by atoms with E-state index in [0.29, 0.717) is 26.1 Å². The van der Waals surface area contributed by atoms with Crippen LogP contribution in [0.3, 0.4) is 0 Å². The van der Waals surface area contributed by atoms with Crippen molar-refractivity contribution in [3.05, 3.63) is 51.2 Å².